The van der Waals surface area contributed by atoms with Gasteiger partial charge >= 0.3 is 0 Å². The first-order chi connectivity index (χ1) is 9.46. The number of piperidine rings is 2. The number of likely N-dealkylation sites (tertiary alicyclic amines) is 2. The molecule has 0 N–H and O–H groups in total. The van der Waals surface area contributed by atoms with Crippen molar-refractivity contribution in [1.82, 2.24) is 9.80 Å². The second-order valence-corrected chi connectivity index (χ2v) is 7.10. The van der Waals surface area contributed by atoms with E-state index in [9.17, 15) is 4.79 Å². The summed E-state index contributed by atoms with van der Waals surface area (Å²) in [6, 6.07) is 0.436. The van der Waals surface area contributed by atoms with Gasteiger partial charge in [0.1, 0.15) is 0 Å². The fourth-order valence-electron chi connectivity index (χ4n) is 3.18. The van der Waals surface area contributed by atoms with Crippen molar-refractivity contribution >= 4 is 5.91 Å². The Bertz CT molecular complexity index is 325. The molecule has 0 aromatic rings. The van der Waals surface area contributed by atoms with E-state index in [1.54, 1.807) is 0 Å². The van der Waals surface area contributed by atoms with Gasteiger partial charge in [0.2, 0.25) is 5.91 Å². The van der Waals surface area contributed by atoms with Gasteiger partial charge in [-0.15, -0.1) is 0 Å². The van der Waals surface area contributed by atoms with Crippen molar-refractivity contribution < 1.29 is 9.53 Å². The summed E-state index contributed by atoms with van der Waals surface area (Å²) in [6.07, 6.45) is 5.37. The highest BCUT2D eigenvalue weighted by Crippen LogP contribution is 2.21. The zero-order chi connectivity index (χ0) is 14.6. The van der Waals surface area contributed by atoms with Gasteiger partial charge in [-0.25, -0.2) is 0 Å². The van der Waals surface area contributed by atoms with Crippen molar-refractivity contribution in [3.8, 4) is 0 Å². The summed E-state index contributed by atoms with van der Waals surface area (Å²) in [5.41, 5.74) is -0.0575. The van der Waals surface area contributed by atoms with Gasteiger partial charge in [0.15, 0.2) is 0 Å². The molecular weight excluding hydrogens is 252 g/mol. The lowest BCUT2D eigenvalue weighted by Crippen LogP contribution is -2.52. The van der Waals surface area contributed by atoms with Gasteiger partial charge < -0.3 is 9.64 Å². The van der Waals surface area contributed by atoms with E-state index in [4.69, 9.17) is 4.74 Å². The Kier molecular flexibility index (Phi) is 5.44. The molecule has 0 radical (unpaired) electrons. The Morgan fingerprint density at radius 3 is 2.70 bits per heavy atom. The molecule has 2 aliphatic heterocycles. The lowest BCUT2D eigenvalue weighted by Gasteiger charge is -2.41. The Balaban J connectivity index is 1.78. The maximum absolute atomic E-state index is 12.0. The van der Waals surface area contributed by atoms with Crippen LogP contribution in [0.15, 0.2) is 0 Å². The minimum Gasteiger partial charge on any atom is -0.375 e. The van der Waals surface area contributed by atoms with Gasteiger partial charge in [0.05, 0.1) is 12.2 Å². The largest absolute Gasteiger partial charge is 0.375 e. The molecule has 0 aromatic carbocycles. The van der Waals surface area contributed by atoms with Crippen LogP contribution in [0.3, 0.4) is 0 Å². The minimum absolute atomic E-state index is 0.0575. The topological polar surface area (TPSA) is 32.8 Å². The maximum Gasteiger partial charge on any atom is 0.222 e. The number of amides is 1. The molecule has 0 aliphatic carbocycles. The van der Waals surface area contributed by atoms with Crippen molar-refractivity contribution in [3.05, 3.63) is 0 Å². The van der Waals surface area contributed by atoms with Crippen molar-refractivity contribution in [2.24, 2.45) is 0 Å². The quantitative estimate of drug-likeness (QED) is 0.793. The molecule has 0 aromatic heterocycles. The summed E-state index contributed by atoms with van der Waals surface area (Å²) in [5.74, 6) is 0.369. The van der Waals surface area contributed by atoms with E-state index in [0.717, 1.165) is 45.6 Å². The third kappa shape index (κ3) is 4.74. The first-order valence-electron chi connectivity index (χ1n) is 8.11. The predicted molar refractivity (Wildman–Crippen MR) is 80.7 cm³/mol. The van der Waals surface area contributed by atoms with Crippen LogP contribution in [0.5, 0.6) is 0 Å². The summed E-state index contributed by atoms with van der Waals surface area (Å²) >= 11 is 0. The second kappa shape index (κ2) is 6.90. The highest BCUT2D eigenvalue weighted by molar-refractivity contribution is 5.77. The van der Waals surface area contributed by atoms with E-state index in [0.29, 0.717) is 11.9 Å². The molecule has 2 fully saturated rings. The smallest absolute Gasteiger partial charge is 0.222 e. The van der Waals surface area contributed by atoms with Crippen LogP contribution < -0.4 is 0 Å². The van der Waals surface area contributed by atoms with E-state index >= 15 is 0 Å². The number of hydrogen-bond donors (Lipinski definition) is 0. The summed E-state index contributed by atoms with van der Waals surface area (Å²) in [5, 5.41) is 0. The van der Waals surface area contributed by atoms with Gasteiger partial charge in [-0.05, 0) is 53.0 Å². The molecule has 4 heteroatoms. The van der Waals surface area contributed by atoms with E-state index < -0.39 is 0 Å². The maximum atomic E-state index is 12.0. The Morgan fingerprint density at radius 1 is 1.20 bits per heavy atom. The Morgan fingerprint density at radius 2 is 2.00 bits per heavy atom. The lowest BCUT2D eigenvalue weighted by molar-refractivity contribution is -0.137. The average Bonchev–Trinajstić information content (AvgIpc) is 2.38. The van der Waals surface area contributed by atoms with Crippen LogP contribution >= 0.6 is 0 Å². The van der Waals surface area contributed by atoms with Crippen molar-refractivity contribution in [2.45, 2.75) is 64.5 Å². The molecule has 20 heavy (non-hydrogen) atoms. The number of nitrogens with zero attached hydrogens (tertiary/aromatic N) is 2. The zero-order valence-corrected chi connectivity index (χ0v) is 13.4. The molecule has 1 atom stereocenters. The van der Waals surface area contributed by atoms with E-state index in [-0.39, 0.29) is 5.60 Å². The third-order valence-corrected chi connectivity index (χ3v) is 4.22. The van der Waals surface area contributed by atoms with Crippen LogP contribution in [-0.4, -0.2) is 60.1 Å². The fraction of sp³-hybridized carbons (Fsp3) is 0.938. The number of ether oxygens (including phenoxy) is 1. The van der Waals surface area contributed by atoms with Crippen molar-refractivity contribution in [1.29, 1.82) is 0 Å². The van der Waals surface area contributed by atoms with E-state index in [1.807, 2.05) is 0 Å². The highest BCUT2D eigenvalue weighted by Gasteiger charge is 2.29. The first-order valence-corrected chi connectivity index (χ1v) is 8.11. The molecule has 0 bridgehead atoms. The monoisotopic (exact) mass is 282 g/mol. The molecular formula is C16H30N2O2. The van der Waals surface area contributed by atoms with Crippen LogP contribution in [-0.2, 0) is 9.53 Å². The summed E-state index contributed by atoms with van der Waals surface area (Å²) in [4.78, 5) is 16.6. The first kappa shape index (κ1) is 15.8. The van der Waals surface area contributed by atoms with Crippen molar-refractivity contribution in [2.75, 3.05) is 32.8 Å². The van der Waals surface area contributed by atoms with E-state index in [1.165, 1.54) is 19.3 Å². The number of carbonyl (C=O) groups excluding carboxylic acids is 1. The normalized spacial score (nSPS) is 26.1. The number of carbonyl (C=O) groups is 1. The Hall–Kier alpha value is -0.610. The van der Waals surface area contributed by atoms with Gasteiger partial charge in [-0.1, -0.05) is 0 Å². The van der Waals surface area contributed by atoms with Gasteiger partial charge in [-0.2, -0.15) is 0 Å². The predicted octanol–water partition coefficient (Wildman–Crippen LogP) is 2.28. The molecule has 0 saturated carbocycles. The van der Waals surface area contributed by atoms with Gasteiger partial charge in [0.25, 0.3) is 0 Å². The Labute approximate surface area is 123 Å². The number of hydrogen-bond acceptors (Lipinski definition) is 3. The molecule has 2 saturated heterocycles. The van der Waals surface area contributed by atoms with Gasteiger partial charge in [0, 0.05) is 32.1 Å². The van der Waals surface area contributed by atoms with Crippen molar-refractivity contribution in [3.63, 3.8) is 0 Å². The molecule has 1 unspecified atom stereocenters. The molecule has 0 spiro atoms. The zero-order valence-electron chi connectivity index (χ0n) is 13.4. The van der Waals surface area contributed by atoms with Crippen LogP contribution in [0.1, 0.15) is 52.9 Å². The summed E-state index contributed by atoms with van der Waals surface area (Å²) in [6.45, 7) is 11.2. The van der Waals surface area contributed by atoms with Crippen LogP contribution in [0.25, 0.3) is 0 Å². The van der Waals surface area contributed by atoms with Crippen LogP contribution in [0.4, 0.5) is 0 Å². The SMILES string of the molecule is CC(C)(C)OCCN1CCCC(N2CCCCC2=O)C1. The van der Waals surface area contributed by atoms with Crippen LogP contribution in [0.2, 0.25) is 0 Å². The van der Waals surface area contributed by atoms with Gasteiger partial charge in [-0.3, -0.25) is 9.69 Å². The summed E-state index contributed by atoms with van der Waals surface area (Å²) < 4.78 is 5.81. The lowest BCUT2D eigenvalue weighted by atomic mass is 10.0. The standard InChI is InChI=1S/C16H30N2O2/c1-16(2,3)20-12-11-17-9-6-7-14(13-17)18-10-5-4-8-15(18)19/h14H,4-13H2,1-3H3. The highest BCUT2D eigenvalue weighted by atomic mass is 16.5. The average molecular weight is 282 g/mol. The van der Waals surface area contributed by atoms with Crippen LogP contribution in [0, 0.1) is 0 Å². The molecule has 116 valence electrons. The summed E-state index contributed by atoms with van der Waals surface area (Å²) in [7, 11) is 0. The molecule has 2 heterocycles. The fourth-order valence-corrected chi connectivity index (χ4v) is 3.18. The minimum atomic E-state index is -0.0575. The van der Waals surface area contributed by atoms with E-state index in [2.05, 4.69) is 30.6 Å². The molecule has 1 amide bonds. The molecule has 2 rings (SSSR count). The third-order valence-electron chi connectivity index (χ3n) is 4.22. The molecule has 2 aliphatic rings. The molecule has 4 nitrogen and oxygen atoms in total. The second-order valence-electron chi connectivity index (χ2n) is 7.10. The number of rotatable bonds is 4.